The van der Waals surface area contributed by atoms with E-state index in [-0.39, 0.29) is 5.84 Å². The molecule has 0 unspecified atom stereocenters. The van der Waals surface area contributed by atoms with Crippen molar-refractivity contribution in [3.63, 3.8) is 0 Å². The molecule has 0 atom stereocenters. The van der Waals surface area contributed by atoms with Gasteiger partial charge in [0.1, 0.15) is 0 Å². The summed E-state index contributed by atoms with van der Waals surface area (Å²) in [5, 5.41) is 12.0. The van der Waals surface area contributed by atoms with Crippen LogP contribution in [0.3, 0.4) is 0 Å². The van der Waals surface area contributed by atoms with Gasteiger partial charge in [0.15, 0.2) is 5.84 Å². The van der Waals surface area contributed by atoms with E-state index in [1.165, 1.54) is 0 Å². The Bertz CT molecular complexity index is 616. The molecule has 0 aliphatic carbocycles. The van der Waals surface area contributed by atoms with E-state index in [4.69, 9.17) is 10.9 Å². The molecule has 0 fully saturated rings. The lowest BCUT2D eigenvalue weighted by Gasteiger charge is -2.23. The minimum absolute atomic E-state index is 0.0778. The number of amidine groups is 1. The fourth-order valence-corrected chi connectivity index (χ4v) is 2.54. The maximum atomic E-state index is 8.92. The molecule has 2 aromatic rings. The van der Waals surface area contributed by atoms with Crippen molar-refractivity contribution in [2.75, 3.05) is 11.9 Å². The topological polar surface area (TPSA) is 74.7 Å². The Balaban J connectivity index is 2.35. The van der Waals surface area contributed by atoms with Crippen LogP contribution in [0.4, 0.5) is 5.69 Å². The molecule has 0 spiro atoms. The van der Waals surface area contributed by atoms with Gasteiger partial charge >= 0.3 is 0 Å². The summed E-state index contributed by atoms with van der Waals surface area (Å²) >= 11 is 3.43. The van der Waals surface area contributed by atoms with Gasteiger partial charge in [0.2, 0.25) is 0 Å². The minimum Gasteiger partial charge on any atom is -0.409 e. The van der Waals surface area contributed by atoms with E-state index in [9.17, 15) is 0 Å². The number of benzene rings is 1. The fraction of sp³-hybridized carbons (Fsp3) is 0.143. The van der Waals surface area contributed by atoms with E-state index in [2.05, 4.69) is 26.1 Å². The maximum absolute atomic E-state index is 8.92. The molecule has 104 valence electrons. The Morgan fingerprint density at radius 2 is 2.05 bits per heavy atom. The molecule has 6 heteroatoms. The monoisotopic (exact) mass is 334 g/mol. The second kappa shape index (κ2) is 6.38. The highest BCUT2D eigenvalue weighted by molar-refractivity contribution is 9.10. The van der Waals surface area contributed by atoms with Crippen LogP contribution in [0.15, 0.2) is 52.4 Å². The van der Waals surface area contributed by atoms with Crippen molar-refractivity contribution in [1.29, 1.82) is 0 Å². The van der Waals surface area contributed by atoms with Gasteiger partial charge in [-0.05, 0) is 45.8 Å². The summed E-state index contributed by atoms with van der Waals surface area (Å²) in [6, 6.07) is 9.61. The summed E-state index contributed by atoms with van der Waals surface area (Å²) in [5.41, 5.74) is 8.45. The van der Waals surface area contributed by atoms with Crippen molar-refractivity contribution in [1.82, 2.24) is 4.98 Å². The van der Waals surface area contributed by atoms with Gasteiger partial charge in [0.25, 0.3) is 0 Å². The zero-order valence-corrected chi connectivity index (χ0v) is 12.6. The van der Waals surface area contributed by atoms with Crippen molar-refractivity contribution < 1.29 is 5.21 Å². The van der Waals surface area contributed by atoms with E-state index < -0.39 is 0 Å². The Hall–Kier alpha value is -2.08. The maximum Gasteiger partial charge on any atom is 0.173 e. The summed E-state index contributed by atoms with van der Waals surface area (Å²) in [6.07, 6.45) is 3.52. The normalized spacial score (nSPS) is 11.4. The van der Waals surface area contributed by atoms with Gasteiger partial charge in [-0.1, -0.05) is 11.2 Å². The van der Waals surface area contributed by atoms with Crippen molar-refractivity contribution in [2.45, 2.75) is 6.54 Å². The minimum atomic E-state index is 0.0778. The third kappa shape index (κ3) is 3.08. The molecular formula is C14H15BrN4O. The standard InChI is InChI=1S/C14H15BrN4O/c1-19(9-10-5-7-17-8-6-10)12-4-2-3-11(15)13(12)14(16)18-20/h2-8,20H,9H2,1H3,(H2,16,18). The molecule has 0 saturated carbocycles. The van der Waals surface area contributed by atoms with Crippen LogP contribution >= 0.6 is 15.9 Å². The lowest BCUT2D eigenvalue weighted by Crippen LogP contribution is -2.23. The highest BCUT2D eigenvalue weighted by Crippen LogP contribution is 2.28. The van der Waals surface area contributed by atoms with Gasteiger partial charge in [-0.3, -0.25) is 4.98 Å². The molecule has 0 aliphatic heterocycles. The number of rotatable bonds is 4. The van der Waals surface area contributed by atoms with E-state index in [0.717, 1.165) is 15.7 Å². The average Bonchev–Trinajstić information content (AvgIpc) is 2.47. The molecule has 5 nitrogen and oxygen atoms in total. The molecular weight excluding hydrogens is 320 g/mol. The van der Waals surface area contributed by atoms with Gasteiger partial charge in [0, 0.05) is 36.1 Å². The van der Waals surface area contributed by atoms with E-state index >= 15 is 0 Å². The highest BCUT2D eigenvalue weighted by Gasteiger charge is 2.14. The highest BCUT2D eigenvalue weighted by atomic mass is 79.9. The van der Waals surface area contributed by atoms with Crippen LogP contribution in [0.5, 0.6) is 0 Å². The third-order valence-corrected chi connectivity index (χ3v) is 3.60. The molecule has 1 heterocycles. The van der Waals surface area contributed by atoms with Crippen molar-refractivity contribution >= 4 is 27.5 Å². The van der Waals surface area contributed by atoms with Gasteiger partial charge in [-0.25, -0.2) is 0 Å². The number of oxime groups is 1. The van der Waals surface area contributed by atoms with E-state index in [1.807, 2.05) is 42.3 Å². The van der Waals surface area contributed by atoms with E-state index in [0.29, 0.717) is 12.1 Å². The first kappa shape index (κ1) is 14.3. The average molecular weight is 335 g/mol. The Morgan fingerprint density at radius 3 is 2.70 bits per heavy atom. The quantitative estimate of drug-likeness (QED) is 0.390. The second-order valence-corrected chi connectivity index (χ2v) is 5.19. The van der Waals surface area contributed by atoms with Crippen molar-refractivity contribution in [3.05, 3.63) is 58.3 Å². The van der Waals surface area contributed by atoms with Crippen LogP contribution in [-0.4, -0.2) is 23.1 Å². The smallest absolute Gasteiger partial charge is 0.173 e. The second-order valence-electron chi connectivity index (χ2n) is 4.33. The Morgan fingerprint density at radius 1 is 1.35 bits per heavy atom. The van der Waals surface area contributed by atoms with Crippen molar-refractivity contribution in [2.24, 2.45) is 10.9 Å². The number of anilines is 1. The van der Waals surface area contributed by atoms with Crippen LogP contribution in [-0.2, 0) is 6.54 Å². The SMILES string of the molecule is CN(Cc1ccncc1)c1cccc(Br)c1/C(N)=N/O. The molecule has 3 N–H and O–H groups in total. The molecule has 1 aromatic carbocycles. The van der Waals surface area contributed by atoms with Gasteiger partial charge < -0.3 is 15.8 Å². The Labute approximate surface area is 125 Å². The number of aromatic nitrogens is 1. The molecule has 0 amide bonds. The zero-order chi connectivity index (χ0) is 14.5. The van der Waals surface area contributed by atoms with Crippen LogP contribution in [0, 0.1) is 0 Å². The van der Waals surface area contributed by atoms with E-state index in [1.54, 1.807) is 12.4 Å². The fourth-order valence-electron chi connectivity index (χ4n) is 1.98. The molecule has 0 radical (unpaired) electrons. The molecule has 20 heavy (non-hydrogen) atoms. The number of hydrogen-bond donors (Lipinski definition) is 2. The van der Waals surface area contributed by atoms with Crippen LogP contribution < -0.4 is 10.6 Å². The van der Waals surface area contributed by atoms with Crippen LogP contribution in [0.2, 0.25) is 0 Å². The summed E-state index contributed by atoms with van der Waals surface area (Å²) in [4.78, 5) is 6.04. The summed E-state index contributed by atoms with van der Waals surface area (Å²) in [5.74, 6) is 0.0778. The summed E-state index contributed by atoms with van der Waals surface area (Å²) in [6.45, 7) is 0.699. The molecule has 0 aliphatic rings. The lowest BCUT2D eigenvalue weighted by molar-refractivity contribution is 0.318. The van der Waals surface area contributed by atoms with Crippen molar-refractivity contribution in [3.8, 4) is 0 Å². The van der Waals surface area contributed by atoms with Gasteiger partial charge in [-0.2, -0.15) is 0 Å². The lowest BCUT2D eigenvalue weighted by atomic mass is 10.1. The van der Waals surface area contributed by atoms with Crippen LogP contribution in [0.25, 0.3) is 0 Å². The van der Waals surface area contributed by atoms with Crippen LogP contribution in [0.1, 0.15) is 11.1 Å². The molecule has 1 aromatic heterocycles. The molecule has 2 rings (SSSR count). The number of nitrogens with two attached hydrogens (primary N) is 1. The number of halogens is 1. The van der Waals surface area contributed by atoms with Gasteiger partial charge in [0.05, 0.1) is 5.56 Å². The summed E-state index contributed by atoms with van der Waals surface area (Å²) in [7, 11) is 1.95. The first-order valence-electron chi connectivity index (χ1n) is 6.00. The summed E-state index contributed by atoms with van der Waals surface area (Å²) < 4.78 is 0.784. The number of hydrogen-bond acceptors (Lipinski definition) is 4. The first-order valence-corrected chi connectivity index (χ1v) is 6.79. The molecule has 0 bridgehead atoms. The largest absolute Gasteiger partial charge is 0.409 e. The molecule has 0 saturated heterocycles. The first-order chi connectivity index (χ1) is 9.63. The number of pyridine rings is 1. The predicted octanol–water partition coefficient (Wildman–Crippen LogP) is 2.58. The number of nitrogens with zero attached hydrogens (tertiary/aromatic N) is 3. The Kier molecular flexibility index (Phi) is 4.57. The predicted molar refractivity (Wildman–Crippen MR) is 83.0 cm³/mol. The third-order valence-electron chi connectivity index (χ3n) is 2.94. The van der Waals surface area contributed by atoms with Gasteiger partial charge in [-0.15, -0.1) is 0 Å². The zero-order valence-electron chi connectivity index (χ0n) is 11.0.